The predicted octanol–water partition coefficient (Wildman–Crippen LogP) is 0.465. The maximum Gasteiger partial charge on any atom is 0.337 e. The third kappa shape index (κ3) is 2.63. The van der Waals surface area contributed by atoms with Gasteiger partial charge in [-0.1, -0.05) is 13.8 Å². The summed E-state index contributed by atoms with van der Waals surface area (Å²) in [5, 5.41) is 9.99. The molecule has 19 heavy (non-hydrogen) atoms. The Kier molecular flexibility index (Phi) is 4.15. The van der Waals surface area contributed by atoms with Crippen molar-refractivity contribution in [1.82, 2.24) is 0 Å². The van der Waals surface area contributed by atoms with Crippen molar-refractivity contribution in [2.45, 2.75) is 58.4 Å². The smallest absolute Gasteiger partial charge is 0.337 e. The summed E-state index contributed by atoms with van der Waals surface area (Å²) < 4.78 is 21.6. The molecule has 2 aliphatic rings. The predicted molar refractivity (Wildman–Crippen MR) is 65.4 cm³/mol. The molecule has 110 valence electrons. The summed E-state index contributed by atoms with van der Waals surface area (Å²) in [7, 11) is 0. The molecule has 0 aliphatic carbocycles. The van der Waals surface area contributed by atoms with Crippen molar-refractivity contribution in [3.05, 3.63) is 0 Å². The van der Waals surface area contributed by atoms with Crippen molar-refractivity contribution in [3.8, 4) is 0 Å². The Balaban J connectivity index is 2.06. The van der Waals surface area contributed by atoms with Gasteiger partial charge in [-0.15, -0.1) is 0 Å². The van der Waals surface area contributed by atoms with E-state index < -0.39 is 24.5 Å². The van der Waals surface area contributed by atoms with Gasteiger partial charge in [0.1, 0.15) is 12.2 Å². The highest BCUT2D eigenvalue weighted by Crippen LogP contribution is 2.49. The van der Waals surface area contributed by atoms with Gasteiger partial charge >= 0.3 is 5.97 Å². The number of carbonyl (C=O) groups excluding carboxylic acids is 1. The second kappa shape index (κ2) is 5.36. The standard InChI is InChI=1S/C13H22O6/c1-5-16-11(15)7(14)8-9-10(18-9)13(3,4)12(19-8)17-6-2/h7-10,12,14H,5-6H2,1-4H3/t7-,8-,9+,10+,12-/m1/s1. The van der Waals surface area contributed by atoms with E-state index in [1.54, 1.807) is 6.92 Å². The van der Waals surface area contributed by atoms with Gasteiger partial charge in [0.25, 0.3) is 0 Å². The number of hydrogen-bond acceptors (Lipinski definition) is 6. The van der Waals surface area contributed by atoms with Crippen molar-refractivity contribution in [2.75, 3.05) is 13.2 Å². The van der Waals surface area contributed by atoms with Gasteiger partial charge in [-0.25, -0.2) is 4.79 Å². The normalized spacial score (nSPS) is 37.3. The van der Waals surface area contributed by atoms with E-state index in [-0.39, 0.29) is 24.2 Å². The van der Waals surface area contributed by atoms with Crippen LogP contribution in [0.4, 0.5) is 0 Å². The molecule has 0 amide bonds. The van der Waals surface area contributed by atoms with Gasteiger partial charge in [0, 0.05) is 12.0 Å². The summed E-state index contributed by atoms with van der Waals surface area (Å²) in [6.45, 7) is 8.26. The first-order valence-electron chi connectivity index (χ1n) is 6.70. The van der Waals surface area contributed by atoms with Crippen LogP contribution in [0.3, 0.4) is 0 Å². The Bertz CT molecular complexity index is 342. The summed E-state index contributed by atoms with van der Waals surface area (Å²) in [5.74, 6) is -0.684. The van der Waals surface area contributed by atoms with E-state index in [4.69, 9.17) is 18.9 Å². The maximum absolute atomic E-state index is 11.6. The van der Waals surface area contributed by atoms with E-state index in [0.29, 0.717) is 6.61 Å². The van der Waals surface area contributed by atoms with Crippen LogP contribution in [-0.4, -0.2) is 55.0 Å². The number of aliphatic hydroxyl groups is 1. The van der Waals surface area contributed by atoms with Crippen LogP contribution in [0, 0.1) is 5.41 Å². The fourth-order valence-electron chi connectivity index (χ4n) is 2.52. The summed E-state index contributed by atoms with van der Waals surface area (Å²) in [5.41, 5.74) is -0.300. The SMILES string of the molecule is CCOC(=O)[C@H](O)[C@H]1O[C@@H](OCC)C(C)(C)[C@H]2O[C@@H]12. The van der Waals surface area contributed by atoms with Crippen LogP contribution >= 0.6 is 0 Å². The molecule has 0 bridgehead atoms. The molecule has 6 heteroatoms. The monoisotopic (exact) mass is 274 g/mol. The first kappa shape index (κ1) is 14.7. The van der Waals surface area contributed by atoms with Crippen LogP contribution in [0.1, 0.15) is 27.7 Å². The Labute approximate surface area is 113 Å². The quantitative estimate of drug-likeness (QED) is 0.580. The highest BCUT2D eigenvalue weighted by molar-refractivity contribution is 5.75. The van der Waals surface area contributed by atoms with Gasteiger partial charge in [-0.05, 0) is 13.8 Å². The lowest BCUT2D eigenvalue weighted by molar-refractivity contribution is -0.251. The third-order valence-electron chi connectivity index (χ3n) is 3.63. The number of esters is 1. The van der Waals surface area contributed by atoms with Crippen LogP contribution in [0.25, 0.3) is 0 Å². The minimum absolute atomic E-state index is 0.0631. The van der Waals surface area contributed by atoms with Gasteiger partial charge in [-0.2, -0.15) is 0 Å². The number of rotatable bonds is 5. The van der Waals surface area contributed by atoms with E-state index in [1.807, 2.05) is 20.8 Å². The molecule has 0 saturated carbocycles. The minimum atomic E-state index is -1.34. The Morgan fingerprint density at radius 3 is 2.58 bits per heavy atom. The number of epoxide rings is 1. The lowest BCUT2D eigenvalue weighted by Crippen LogP contribution is -2.53. The van der Waals surface area contributed by atoms with Crippen molar-refractivity contribution in [3.63, 3.8) is 0 Å². The molecule has 1 N–H and O–H groups in total. The molecule has 0 aromatic carbocycles. The van der Waals surface area contributed by atoms with Crippen LogP contribution < -0.4 is 0 Å². The lowest BCUT2D eigenvalue weighted by Gasteiger charge is -2.39. The van der Waals surface area contributed by atoms with Gasteiger partial charge < -0.3 is 24.1 Å². The summed E-state index contributed by atoms with van der Waals surface area (Å²) >= 11 is 0. The zero-order valence-corrected chi connectivity index (χ0v) is 11.8. The molecule has 2 saturated heterocycles. The highest BCUT2D eigenvalue weighted by atomic mass is 16.7. The van der Waals surface area contributed by atoms with Crippen LogP contribution in [0.5, 0.6) is 0 Å². The fourth-order valence-corrected chi connectivity index (χ4v) is 2.52. The van der Waals surface area contributed by atoms with Crippen molar-refractivity contribution < 1.29 is 28.8 Å². The summed E-state index contributed by atoms with van der Waals surface area (Å²) in [4.78, 5) is 11.6. The number of carbonyl (C=O) groups is 1. The number of aliphatic hydroxyl groups excluding tert-OH is 1. The first-order chi connectivity index (χ1) is 8.93. The second-order valence-corrected chi connectivity index (χ2v) is 5.43. The molecular weight excluding hydrogens is 252 g/mol. The first-order valence-corrected chi connectivity index (χ1v) is 6.70. The molecule has 0 aromatic rings. The zero-order chi connectivity index (χ0) is 14.2. The topological polar surface area (TPSA) is 77.5 Å². The second-order valence-electron chi connectivity index (χ2n) is 5.43. The molecule has 2 fully saturated rings. The van der Waals surface area contributed by atoms with Crippen molar-refractivity contribution in [1.29, 1.82) is 0 Å². The lowest BCUT2D eigenvalue weighted by atomic mass is 9.82. The summed E-state index contributed by atoms with van der Waals surface area (Å²) in [6, 6.07) is 0. The molecule has 2 rings (SSSR count). The van der Waals surface area contributed by atoms with Gasteiger partial charge in [0.2, 0.25) is 0 Å². The minimum Gasteiger partial charge on any atom is -0.464 e. The van der Waals surface area contributed by atoms with Crippen LogP contribution in [-0.2, 0) is 23.7 Å². The number of ether oxygens (including phenoxy) is 4. The van der Waals surface area contributed by atoms with E-state index >= 15 is 0 Å². The van der Waals surface area contributed by atoms with E-state index in [1.165, 1.54) is 0 Å². The van der Waals surface area contributed by atoms with Crippen LogP contribution in [0.2, 0.25) is 0 Å². The molecule has 5 atom stereocenters. The summed E-state index contributed by atoms with van der Waals surface area (Å²) in [6.07, 6.45) is -2.91. The molecule has 2 aliphatic heterocycles. The number of fused-ring (bicyclic) bond motifs is 1. The Morgan fingerprint density at radius 2 is 2.00 bits per heavy atom. The molecule has 0 aromatic heterocycles. The zero-order valence-electron chi connectivity index (χ0n) is 11.8. The maximum atomic E-state index is 11.6. The van der Waals surface area contributed by atoms with Crippen molar-refractivity contribution in [2.24, 2.45) is 5.41 Å². The number of hydrogen-bond donors (Lipinski definition) is 1. The van der Waals surface area contributed by atoms with Gasteiger partial charge in [-0.3, -0.25) is 0 Å². The average molecular weight is 274 g/mol. The molecule has 0 unspecified atom stereocenters. The Hall–Kier alpha value is -0.690. The molecular formula is C13H22O6. The molecule has 6 nitrogen and oxygen atoms in total. The highest BCUT2D eigenvalue weighted by Gasteiger charge is 2.64. The average Bonchev–Trinajstić information content (AvgIpc) is 3.13. The van der Waals surface area contributed by atoms with E-state index in [9.17, 15) is 9.90 Å². The Morgan fingerprint density at radius 1 is 1.32 bits per heavy atom. The van der Waals surface area contributed by atoms with Crippen molar-refractivity contribution >= 4 is 5.97 Å². The fraction of sp³-hybridized carbons (Fsp3) is 0.923. The van der Waals surface area contributed by atoms with Gasteiger partial charge in [0.15, 0.2) is 12.4 Å². The van der Waals surface area contributed by atoms with Crippen LogP contribution in [0.15, 0.2) is 0 Å². The third-order valence-corrected chi connectivity index (χ3v) is 3.63. The van der Waals surface area contributed by atoms with E-state index in [0.717, 1.165) is 0 Å². The van der Waals surface area contributed by atoms with E-state index in [2.05, 4.69) is 0 Å². The molecule has 2 heterocycles. The largest absolute Gasteiger partial charge is 0.464 e. The molecule has 0 radical (unpaired) electrons. The van der Waals surface area contributed by atoms with Gasteiger partial charge in [0.05, 0.1) is 12.7 Å². The molecule has 0 spiro atoms.